The molecule has 0 spiro atoms. The Balaban J connectivity index is 2.13. The number of carbonyl (C=O) groups is 2. The number of phenolic OH excluding ortho intramolecular Hbond substituents is 1. The van der Waals surface area contributed by atoms with Gasteiger partial charge < -0.3 is 24.7 Å². The second kappa shape index (κ2) is 9.60. The van der Waals surface area contributed by atoms with Crippen LogP contribution in [0.4, 0.5) is 0 Å². The van der Waals surface area contributed by atoms with Gasteiger partial charge in [0.1, 0.15) is 0 Å². The lowest BCUT2D eigenvalue weighted by Gasteiger charge is -2.28. The number of hydrogen-bond donors (Lipinski definition) is 2. The number of nitrogens with zero attached hydrogens (tertiary/aromatic N) is 3. The fraction of sp³-hybridized carbons (Fsp3) is 0.409. The SMILES string of the molecule is COc1cc(C2C(C(=O)c3sc(C)nc3C)=C(O)C(=O)N2CCCN(C)C)cc(Br)c1O. The van der Waals surface area contributed by atoms with Crippen molar-refractivity contribution in [3.05, 3.63) is 49.1 Å². The van der Waals surface area contributed by atoms with Gasteiger partial charge >= 0.3 is 0 Å². The van der Waals surface area contributed by atoms with Crippen LogP contribution in [0.1, 0.15) is 38.4 Å². The van der Waals surface area contributed by atoms with Gasteiger partial charge in [0.2, 0.25) is 5.78 Å². The summed E-state index contributed by atoms with van der Waals surface area (Å²) in [7, 11) is 5.29. The summed E-state index contributed by atoms with van der Waals surface area (Å²) in [5.41, 5.74) is 1.10. The van der Waals surface area contributed by atoms with Crippen LogP contribution in [-0.4, -0.2) is 71.0 Å². The number of aliphatic hydroxyl groups excluding tert-OH is 1. The van der Waals surface area contributed by atoms with E-state index in [-0.39, 0.29) is 17.1 Å². The van der Waals surface area contributed by atoms with Crippen molar-refractivity contribution in [3.8, 4) is 11.5 Å². The normalized spacial score (nSPS) is 16.4. The minimum absolute atomic E-state index is 0.00578. The van der Waals surface area contributed by atoms with E-state index < -0.39 is 23.5 Å². The molecule has 1 aliphatic heterocycles. The molecule has 0 fully saturated rings. The van der Waals surface area contributed by atoms with Crippen LogP contribution in [0.15, 0.2) is 27.9 Å². The van der Waals surface area contributed by atoms with Crippen molar-refractivity contribution in [2.45, 2.75) is 26.3 Å². The number of amides is 1. The van der Waals surface area contributed by atoms with Gasteiger partial charge in [0.05, 0.1) is 38.8 Å². The number of aromatic nitrogens is 1. The molecule has 0 aliphatic carbocycles. The van der Waals surface area contributed by atoms with Crippen molar-refractivity contribution in [1.29, 1.82) is 0 Å². The lowest BCUT2D eigenvalue weighted by molar-refractivity contribution is -0.129. The third-order valence-corrected chi connectivity index (χ3v) is 6.92. The first kappa shape index (κ1) is 24.2. The van der Waals surface area contributed by atoms with Gasteiger partial charge in [-0.25, -0.2) is 4.98 Å². The van der Waals surface area contributed by atoms with E-state index in [1.807, 2.05) is 19.0 Å². The Morgan fingerprint density at radius 3 is 2.56 bits per heavy atom. The summed E-state index contributed by atoms with van der Waals surface area (Å²) < 4.78 is 5.63. The molecule has 10 heteroatoms. The quantitative estimate of drug-likeness (QED) is 0.507. The van der Waals surface area contributed by atoms with Crippen molar-refractivity contribution >= 4 is 39.0 Å². The fourth-order valence-corrected chi connectivity index (χ4v) is 5.13. The number of ketones is 1. The average Bonchev–Trinajstić information content (AvgIpc) is 3.19. The Morgan fingerprint density at radius 2 is 2.00 bits per heavy atom. The van der Waals surface area contributed by atoms with Gasteiger partial charge in [-0.15, -0.1) is 11.3 Å². The number of benzene rings is 1. The first-order chi connectivity index (χ1) is 15.1. The number of halogens is 1. The van der Waals surface area contributed by atoms with Crippen LogP contribution in [0.2, 0.25) is 0 Å². The largest absolute Gasteiger partial charge is 0.503 e. The van der Waals surface area contributed by atoms with E-state index in [2.05, 4.69) is 20.9 Å². The fourth-order valence-electron chi connectivity index (χ4n) is 3.79. The minimum Gasteiger partial charge on any atom is -0.503 e. The summed E-state index contributed by atoms with van der Waals surface area (Å²) >= 11 is 4.54. The van der Waals surface area contributed by atoms with Gasteiger partial charge in [-0.2, -0.15) is 0 Å². The molecule has 1 unspecified atom stereocenters. The summed E-state index contributed by atoms with van der Waals surface area (Å²) in [5, 5.41) is 21.8. The van der Waals surface area contributed by atoms with Crippen LogP contribution in [-0.2, 0) is 4.79 Å². The zero-order valence-electron chi connectivity index (χ0n) is 18.6. The summed E-state index contributed by atoms with van der Waals surface area (Å²) in [5.74, 6) is -1.48. The molecule has 32 heavy (non-hydrogen) atoms. The molecule has 1 aliphatic rings. The average molecular weight is 524 g/mol. The van der Waals surface area contributed by atoms with Crippen LogP contribution in [0.3, 0.4) is 0 Å². The van der Waals surface area contributed by atoms with E-state index in [1.165, 1.54) is 23.3 Å². The van der Waals surface area contributed by atoms with Gasteiger partial charge in [0.25, 0.3) is 5.91 Å². The molecule has 1 aromatic carbocycles. The van der Waals surface area contributed by atoms with E-state index in [1.54, 1.807) is 26.0 Å². The number of aryl methyl sites for hydroxylation is 2. The molecule has 0 radical (unpaired) electrons. The highest BCUT2D eigenvalue weighted by molar-refractivity contribution is 9.10. The van der Waals surface area contributed by atoms with Crippen LogP contribution in [0.5, 0.6) is 11.5 Å². The zero-order valence-corrected chi connectivity index (χ0v) is 21.0. The number of methoxy groups -OCH3 is 1. The first-order valence-corrected chi connectivity index (χ1v) is 11.6. The molecule has 2 heterocycles. The highest BCUT2D eigenvalue weighted by atomic mass is 79.9. The molecule has 8 nitrogen and oxygen atoms in total. The molecule has 172 valence electrons. The molecule has 1 atom stereocenters. The Hall–Kier alpha value is -2.43. The molecular weight excluding hydrogens is 498 g/mol. The van der Waals surface area contributed by atoms with E-state index in [4.69, 9.17) is 4.74 Å². The maximum atomic E-state index is 13.5. The van der Waals surface area contributed by atoms with Crippen molar-refractivity contribution in [2.24, 2.45) is 0 Å². The molecule has 1 amide bonds. The number of thiazole rings is 1. The Kier molecular flexibility index (Phi) is 7.26. The number of aliphatic hydroxyl groups is 1. The van der Waals surface area contributed by atoms with Crippen molar-refractivity contribution in [3.63, 3.8) is 0 Å². The topological polar surface area (TPSA) is 103 Å². The third kappa shape index (κ3) is 4.53. The maximum absolute atomic E-state index is 13.5. The zero-order chi connectivity index (χ0) is 23.7. The number of phenols is 1. The molecule has 2 N–H and O–H groups in total. The molecular formula is C22H26BrN3O5S. The van der Waals surface area contributed by atoms with Crippen LogP contribution in [0.25, 0.3) is 0 Å². The molecule has 0 bridgehead atoms. The van der Waals surface area contributed by atoms with Crippen molar-refractivity contribution in [1.82, 2.24) is 14.8 Å². The number of carbonyl (C=O) groups excluding carboxylic acids is 2. The van der Waals surface area contributed by atoms with Gasteiger partial charge in [-0.3, -0.25) is 9.59 Å². The maximum Gasteiger partial charge on any atom is 0.290 e. The highest BCUT2D eigenvalue weighted by Crippen LogP contribution is 2.44. The first-order valence-electron chi connectivity index (χ1n) is 10.0. The van der Waals surface area contributed by atoms with Crippen LogP contribution < -0.4 is 4.74 Å². The number of rotatable bonds is 8. The van der Waals surface area contributed by atoms with Crippen LogP contribution in [0, 0.1) is 13.8 Å². The van der Waals surface area contributed by atoms with Crippen molar-refractivity contribution in [2.75, 3.05) is 34.3 Å². The van der Waals surface area contributed by atoms with E-state index in [9.17, 15) is 19.8 Å². The van der Waals surface area contributed by atoms with Gasteiger partial charge in [0.15, 0.2) is 17.3 Å². The molecule has 3 rings (SSSR count). The molecule has 1 aromatic heterocycles. The highest BCUT2D eigenvalue weighted by Gasteiger charge is 2.44. The van der Waals surface area contributed by atoms with Crippen LogP contribution >= 0.6 is 27.3 Å². The second-order valence-electron chi connectivity index (χ2n) is 7.85. The van der Waals surface area contributed by atoms with E-state index in [0.717, 1.165) is 11.6 Å². The predicted molar refractivity (Wildman–Crippen MR) is 126 cm³/mol. The Labute approximate surface area is 199 Å². The monoisotopic (exact) mass is 523 g/mol. The van der Waals surface area contributed by atoms with E-state index in [0.29, 0.717) is 33.6 Å². The second-order valence-corrected chi connectivity index (χ2v) is 9.91. The smallest absolute Gasteiger partial charge is 0.290 e. The number of Topliss-reactive ketones (excluding diaryl/α,β-unsaturated/α-hetero) is 1. The minimum atomic E-state index is -0.829. The Morgan fingerprint density at radius 1 is 1.31 bits per heavy atom. The predicted octanol–water partition coefficient (Wildman–Crippen LogP) is 3.77. The number of ether oxygens (including phenoxy) is 1. The lowest BCUT2D eigenvalue weighted by Crippen LogP contribution is -2.33. The van der Waals surface area contributed by atoms with Gasteiger partial charge in [-0.05, 0) is 74.5 Å². The Bertz CT molecular complexity index is 1100. The number of aromatic hydroxyl groups is 1. The van der Waals surface area contributed by atoms with Gasteiger partial charge in [0, 0.05) is 6.54 Å². The summed E-state index contributed by atoms with van der Waals surface area (Å²) in [6.45, 7) is 4.60. The van der Waals surface area contributed by atoms with E-state index >= 15 is 0 Å². The summed E-state index contributed by atoms with van der Waals surface area (Å²) in [6.07, 6.45) is 0.652. The molecule has 0 saturated heterocycles. The molecule has 0 saturated carbocycles. The van der Waals surface area contributed by atoms with Gasteiger partial charge in [-0.1, -0.05) is 0 Å². The van der Waals surface area contributed by atoms with Crippen molar-refractivity contribution < 1.29 is 24.5 Å². The lowest BCUT2D eigenvalue weighted by atomic mass is 9.94. The summed E-state index contributed by atoms with van der Waals surface area (Å²) in [4.78, 5) is 34.8. The molecule has 2 aromatic rings. The summed E-state index contributed by atoms with van der Waals surface area (Å²) in [6, 6.07) is 2.38. The third-order valence-electron chi connectivity index (χ3n) is 5.25. The number of hydrogen-bond acceptors (Lipinski definition) is 8. The standard InChI is InChI=1S/C22H26BrN3O5S/c1-11-21(32-12(2)24-11)19(28)16-17(13-9-14(23)18(27)15(10-13)31-5)26(22(30)20(16)29)8-6-7-25(3)4/h9-10,17,27,29H,6-8H2,1-5H3.